The number of benzene rings is 1. The maximum absolute atomic E-state index is 11.1. The Kier molecular flexibility index (Phi) is 2.64. The van der Waals surface area contributed by atoms with Crippen LogP contribution in [0.4, 0.5) is 0 Å². The third kappa shape index (κ3) is 1.93. The Balaban J connectivity index is 1.73. The molecule has 4 rings (SSSR count). The number of oxazole rings is 1. The summed E-state index contributed by atoms with van der Waals surface area (Å²) in [6.45, 7) is 3.18. The number of piperidine rings is 1. The summed E-state index contributed by atoms with van der Waals surface area (Å²) in [7, 11) is 0. The van der Waals surface area contributed by atoms with Gasteiger partial charge >= 0.3 is 0 Å². The lowest BCUT2D eigenvalue weighted by atomic mass is 9.78. The van der Waals surface area contributed by atoms with E-state index in [1.165, 1.54) is 0 Å². The summed E-state index contributed by atoms with van der Waals surface area (Å²) in [5.74, 6) is 0.653. The molecule has 1 aromatic heterocycles. The van der Waals surface area contributed by atoms with E-state index in [0.29, 0.717) is 31.9 Å². The van der Waals surface area contributed by atoms with E-state index in [1.807, 2.05) is 25.1 Å². The molecule has 106 valence electrons. The number of nitrogens with one attached hydrogen (secondary N) is 1. The molecule has 20 heavy (non-hydrogen) atoms. The summed E-state index contributed by atoms with van der Waals surface area (Å²) in [5.41, 5.74) is 1.71. The van der Waals surface area contributed by atoms with Crippen LogP contribution in [0.5, 0.6) is 0 Å². The minimum atomic E-state index is -0.800. The number of aliphatic hydroxyl groups is 1. The third-order valence-corrected chi connectivity index (χ3v) is 4.31. The molecule has 2 aliphatic heterocycles. The van der Waals surface area contributed by atoms with Gasteiger partial charge < -0.3 is 19.6 Å². The van der Waals surface area contributed by atoms with Gasteiger partial charge in [0.05, 0.1) is 18.8 Å². The van der Waals surface area contributed by atoms with Crippen LogP contribution in [-0.4, -0.2) is 35.4 Å². The highest BCUT2D eigenvalue weighted by molar-refractivity contribution is 5.73. The first-order chi connectivity index (χ1) is 9.62. The van der Waals surface area contributed by atoms with E-state index in [4.69, 9.17) is 9.15 Å². The van der Waals surface area contributed by atoms with Crippen molar-refractivity contribution < 1.29 is 14.3 Å². The van der Waals surface area contributed by atoms with Gasteiger partial charge in [0.2, 0.25) is 0 Å². The van der Waals surface area contributed by atoms with Gasteiger partial charge in [-0.25, -0.2) is 4.98 Å². The number of aromatic nitrogens is 1. The molecule has 2 atom stereocenters. The van der Waals surface area contributed by atoms with Crippen LogP contribution in [0.15, 0.2) is 22.6 Å². The molecule has 2 bridgehead atoms. The highest BCUT2D eigenvalue weighted by Gasteiger charge is 2.42. The molecule has 0 spiro atoms. The molecule has 2 N–H and O–H groups in total. The number of hydrogen-bond acceptors (Lipinski definition) is 5. The van der Waals surface area contributed by atoms with E-state index in [2.05, 4.69) is 10.3 Å². The Hall–Kier alpha value is -1.43. The molecule has 0 saturated carbocycles. The molecule has 2 saturated heterocycles. The molecule has 2 unspecified atom stereocenters. The summed E-state index contributed by atoms with van der Waals surface area (Å²) >= 11 is 0. The molecular formula is C15H18N2O3. The number of aryl methyl sites for hydroxylation is 1. The average Bonchev–Trinajstić information content (AvgIpc) is 2.77. The van der Waals surface area contributed by atoms with Gasteiger partial charge in [-0.2, -0.15) is 0 Å². The Bertz CT molecular complexity index is 640. The number of ether oxygens (including phenoxy) is 1. The van der Waals surface area contributed by atoms with Crippen LogP contribution in [0.1, 0.15) is 24.3 Å². The largest absolute Gasteiger partial charge is 0.441 e. The van der Waals surface area contributed by atoms with Gasteiger partial charge in [-0.15, -0.1) is 0 Å². The number of hydrogen-bond donors (Lipinski definition) is 2. The number of nitrogens with zero attached hydrogens (tertiary/aromatic N) is 1. The zero-order valence-electron chi connectivity index (χ0n) is 11.4. The molecule has 0 aliphatic carbocycles. The zero-order chi connectivity index (χ0) is 13.7. The van der Waals surface area contributed by atoms with Crippen LogP contribution < -0.4 is 5.32 Å². The molecule has 0 amide bonds. The Labute approximate surface area is 116 Å². The van der Waals surface area contributed by atoms with Crippen molar-refractivity contribution in [2.75, 3.05) is 13.2 Å². The van der Waals surface area contributed by atoms with Crippen molar-refractivity contribution in [1.82, 2.24) is 10.3 Å². The Morgan fingerprint density at radius 2 is 2.05 bits per heavy atom. The van der Waals surface area contributed by atoms with Gasteiger partial charge in [0.1, 0.15) is 5.52 Å². The normalized spacial score (nSPS) is 33.5. The van der Waals surface area contributed by atoms with Crippen LogP contribution in [0.25, 0.3) is 11.1 Å². The second kappa shape index (κ2) is 4.28. The standard InChI is InChI=1S/C15H18N2O3/c1-9-16-13-4-10(2-3-14(13)20-9)15(18)5-11-7-19-8-12(6-15)17-11/h2-4,11-12,17-18H,5-8H2,1H3. The predicted octanol–water partition coefficient (Wildman–Crippen LogP) is 1.47. The topological polar surface area (TPSA) is 67.5 Å². The van der Waals surface area contributed by atoms with Gasteiger partial charge in [0.15, 0.2) is 11.5 Å². The van der Waals surface area contributed by atoms with E-state index in [1.54, 1.807) is 0 Å². The van der Waals surface area contributed by atoms with Crippen LogP contribution in [0.2, 0.25) is 0 Å². The summed E-state index contributed by atoms with van der Waals surface area (Å²) in [4.78, 5) is 4.35. The first-order valence-corrected chi connectivity index (χ1v) is 7.06. The van der Waals surface area contributed by atoms with Gasteiger partial charge in [0.25, 0.3) is 0 Å². The van der Waals surface area contributed by atoms with Crippen molar-refractivity contribution in [3.05, 3.63) is 29.7 Å². The van der Waals surface area contributed by atoms with Crippen molar-refractivity contribution in [3.8, 4) is 0 Å². The lowest BCUT2D eigenvalue weighted by molar-refractivity contribution is -0.0801. The quantitative estimate of drug-likeness (QED) is 0.824. The maximum atomic E-state index is 11.1. The Morgan fingerprint density at radius 3 is 2.80 bits per heavy atom. The van der Waals surface area contributed by atoms with E-state index < -0.39 is 5.60 Å². The predicted molar refractivity (Wildman–Crippen MR) is 73.4 cm³/mol. The first kappa shape index (κ1) is 12.3. The van der Waals surface area contributed by atoms with E-state index in [9.17, 15) is 5.11 Å². The van der Waals surface area contributed by atoms with Crippen molar-refractivity contribution in [2.24, 2.45) is 0 Å². The highest BCUT2D eigenvalue weighted by Crippen LogP contribution is 2.37. The number of rotatable bonds is 1. The first-order valence-electron chi connectivity index (χ1n) is 7.06. The van der Waals surface area contributed by atoms with Crippen molar-refractivity contribution in [2.45, 2.75) is 37.5 Å². The smallest absolute Gasteiger partial charge is 0.192 e. The van der Waals surface area contributed by atoms with Gasteiger partial charge in [0, 0.05) is 19.0 Å². The molecular weight excluding hydrogens is 256 g/mol. The SMILES string of the molecule is Cc1nc2cc(C3(O)CC4COCC(C3)N4)ccc2o1. The van der Waals surface area contributed by atoms with E-state index in [-0.39, 0.29) is 12.1 Å². The fourth-order valence-corrected chi connectivity index (χ4v) is 3.48. The second-order valence-electron chi connectivity index (χ2n) is 5.95. The lowest BCUT2D eigenvalue weighted by Crippen LogP contribution is -2.58. The van der Waals surface area contributed by atoms with Crippen LogP contribution >= 0.6 is 0 Å². The summed E-state index contributed by atoms with van der Waals surface area (Å²) in [6.07, 6.45) is 1.34. The van der Waals surface area contributed by atoms with Crippen molar-refractivity contribution in [3.63, 3.8) is 0 Å². The van der Waals surface area contributed by atoms with Crippen LogP contribution in [0, 0.1) is 6.92 Å². The number of morpholine rings is 1. The molecule has 2 fully saturated rings. The third-order valence-electron chi connectivity index (χ3n) is 4.31. The van der Waals surface area contributed by atoms with Gasteiger partial charge in [-0.3, -0.25) is 0 Å². The Morgan fingerprint density at radius 1 is 1.30 bits per heavy atom. The number of fused-ring (bicyclic) bond motifs is 3. The van der Waals surface area contributed by atoms with E-state index in [0.717, 1.165) is 16.7 Å². The second-order valence-corrected chi connectivity index (χ2v) is 5.95. The van der Waals surface area contributed by atoms with Crippen molar-refractivity contribution in [1.29, 1.82) is 0 Å². The molecule has 2 aliphatic rings. The minimum absolute atomic E-state index is 0.224. The lowest BCUT2D eigenvalue weighted by Gasteiger charge is -2.45. The van der Waals surface area contributed by atoms with Gasteiger partial charge in [-0.1, -0.05) is 6.07 Å². The van der Waals surface area contributed by atoms with E-state index >= 15 is 0 Å². The van der Waals surface area contributed by atoms with Gasteiger partial charge in [-0.05, 0) is 30.5 Å². The molecule has 5 heteroatoms. The molecule has 2 aromatic rings. The summed E-state index contributed by atoms with van der Waals surface area (Å²) in [6, 6.07) is 6.25. The van der Waals surface area contributed by atoms with Crippen LogP contribution in [-0.2, 0) is 10.3 Å². The summed E-state index contributed by atoms with van der Waals surface area (Å²) in [5, 5.41) is 14.6. The summed E-state index contributed by atoms with van der Waals surface area (Å²) < 4.78 is 11.0. The molecule has 5 nitrogen and oxygen atoms in total. The monoisotopic (exact) mass is 274 g/mol. The van der Waals surface area contributed by atoms with Crippen molar-refractivity contribution >= 4 is 11.1 Å². The molecule has 0 radical (unpaired) electrons. The highest BCUT2D eigenvalue weighted by atomic mass is 16.5. The maximum Gasteiger partial charge on any atom is 0.192 e. The molecule has 1 aromatic carbocycles. The minimum Gasteiger partial charge on any atom is -0.441 e. The molecule has 3 heterocycles. The van der Waals surface area contributed by atoms with Crippen LogP contribution in [0.3, 0.4) is 0 Å². The fraction of sp³-hybridized carbons (Fsp3) is 0.533. The average molecular weight is 274 g/mol. The fourth-order valence-electron chi connectivity index (χ4n) is 3.48. The zero-order valence-corrected chi connectivity index (χ0v) is 11.4.